The summed E-state index contributed by atoms with van der Waals surface area (Å²) in [5.74, 6) is -1.16. The van der Waals surface area contributed by atoms with Crippen molar-refractivity contribution >= 4 is 51.5 Å². The molecule has 1 aliphatic rings. The summed E-state index contributed by atoms with van der Waals surface area (Å²) < 4.78 is 47.5. The zero-order chi connectivity index (χ0) is 25.4. The molecule has 0 aliphatic carbocycles. The van der Waals surface area contributed by atoms with E-state index in [1.165, 1.54) is 25.3 Å². The number of ether oxygens (including phenoxy) is 1. The van der Waals surface area contributed by atoms with E-state index in [1.807, 2.05) is 0 Å². The van der Waals surface area contributed by atoms with Crippen LogP contribution in [0.4, 0.5) is 13.2 Å². The molecule has 1 aliphatic heterocycles. The van der Waals surface area contributed by atoms with Crippen molar-refractivity contribution in [1.29, 1.82) is 0 Å². The maximum absolute atomic E-state index is 14.3. The van der Waals surface area contributed by atoms with Gasteiger partial charge in [0.05, 0.1) is 12.8 Å². The Hall–Kier alpha value is -3.27. The summed E-state index contributed by atoms with van der Waals surface area (Å²) in [4.78, 5) is 29.2. The number of hydroxylamine groups is 1. The van der Waals surface area contributed by atoms with Gasteiger partial charge in [0.15, 0.2) is 0 Å². The van der Waals surface area contributed by atoms with E-state index in [0.29, 0.717) is 16.3 Å². The molecule has 182 valence electrons. The molecule has 1 unspecified atom stereocenters. The Bertz CT molecular complexity index is 1340. The van der Waals surface area contributed by atoms with Gasteiger partial charge >= 0.3 is 12.1 Å². The van der Waals surface area contributed by atoms with Crippen LogP contribution in [0.25, 0.3) is 16.5 Å². The van der Waals surface area contributed by atoms with Crippen molar-refractivity contribution in [3.63, 3.8) is 0 Å². The molecule has 11 heteroatoms. The predicted molar refractivity (Wildman–Crippen MR) is 125 cm³/mol. The van der Waals surface area contributed by atoms with E-state index in [2.05, 4.69) is 15.5 Å². The number of carbonyl (C=O) groups excluding carboxylic acids is 2. The molecule has 0 fully saturated rings. The first-order valence-corrected chi connectivity index (χ1v) is 10.9. The Morgan fingerprint density at radius 2 is 1.71 bits per heavy atom. The third kappa shape index (κ3) is 4.67. The van der Waals surface area contributed by atoms with E-state index in [4.69, 9.17) is 28.0 Å². The average molecular weight is 525 g/mol. The second kappa shape index (κ2) is 9.41. The van der Waals surface area contributed by atoms with Gasteiger partial charge in [0.1, 0.15) is 6.54 Å². The number of nitrogens with one attached hydrogen (secondary N) is 2. The van der Waals surface area contributed by atoms with Crippen LogP contribution in [-0.4, -0.2) is 31.7 Å². The predicted octanol–water partition coefficient (Wildman–Crippen LogP) is 5.38. The fourth-order valence-corrected chi connectivity index (χ4v) is 4.32. The lowest BCUT2D eigenvalue weighted by Gasteiger charge is -2.28. The lowest BCUT2D eigenvalue weighted by Crippen LogP contribution is -2.42. The number of fused-ring (bicyclic) bond motifs is 1. The summed E-state index contributed by atoms with van der Waals surface area (Å²) in [6.45, 7) is -0.331. The summed E-state index contributed by atoms with van der Waals surface area (Å²) in [7, 11) is 1.20. The number of rotatable bonds is 5. The van der Waals surface area contributed by atoms with E-state index in [1.54, 1.807) is 24.3 Å². The second-order valence-electron chi connectivity index (χ2n) is 7.62. The number of carbonyl (C=O) groups is 2. The lowest BCUT2D eigenvalue weighted by atomic mass is 9.90. The van der Waals surface area contributed by atoms with Crippen LogP contribution >= 0.6 is 23.2 Å². The number of methoxy groups -OCH3 is 1. The Kier molecular flexibility index (Phi) is 6.68. The summed E-state index contributed by atoms with van der Waals surface area (Å²) >= 11 is 11.9. The molecule has 0 bridgehead atoms. The van der Waals surface area contributed by atoms with Crippen LogP contribution in [0.2, 0.25) is 10.0 Å². The van der Waals surface area contributed by atoms with Crippen molar-refractivity contribution in [1.82, 2.24) is 10.8 Å². The highest BCUT2D eigenvalue weighted by molar-refractivity contribution is 6.34. The van der Waals surface area contributed by atoms with E-state index in [-0.39, 0.29) is 33.4 Å². The zero-order valence-electron chi connectivity index (χ0n) is 18.0. The van der Waals surface area contributed by atoms with Crippen molar-refractivity contribution in [3.8, 4) is 0 Å². The van der Waals surface area contributed by atoms with E-state index in [0.717, 1.165) is 18.2 Å². The Labute approximate surface area is 207 Å². The number of hydrogen-bond donors (Lipinski definition) is 2. The molecule has 0 radical (unpaired) electrons. The van der Waals surface area contributed by atoms with Crippen molar-refractivity contribution in [2.75, 3.05) is 13.7 Å². The van der Waals surface area contributed by atoms with E-state index in [9.17, 15) is 22.8 Å². The molecule has 0 saturated carbocycles. The normalized spacial score (nSPS) is 17.6. The number of amides is 1. The van der Waals surface area contributed by atoms with E-state index >= 15 is 0 Å². The SMILES string of the molecule is COC(=O)CNC(=O)c1ccc(C2=CC(c3cc(Cl)cc(Cl)c3)(C(F)(F)F)ON2)c2ccccc12. The van der Waals surface area contributed by atoms with Crippen LogP contribution in [0.1, 0.15) is 21.5 Å². The monoisotopic (exact) mass is 524 g/mol. The van der Waals surface area contributed by atoms with Gasteiger partial charge in [0, 0.05) is 26.7 Å². The summed E-state index contributed by atoms with van der Waals surface area (Å²) in [5, 5.41) is 3.45. The number of halogens is 5. The molecule has 1 heterocycles. The molecule has 1 atom stereocenters. The Morgan fingerprint density at radius 1 is 1.06 bits per heavy atom. The lowest BCUT2D eigenvalue weighted by molar-refractivity contribution is -0.269. The first kappa shape index (κ1) is 24.8. The molecule has 1 amide bonds. The molecule has 0 saturated heterocycles. The van der Waals surface area contributed by atoms with Crippen molar-refractivity contribution in [2.24, 2.45) is 0 Å². The average Bonchev–Trinajstić information content (AvgIpc) is 3.28. The number of esters is 1. The van der Waals surface area contributed by atoms with Crippen molar-refractivity contribution < 1.29 is 32.3 Å². The molecule has 4 rings (SSSR count). The largest absolute Gasteiger partial charge is 0.468 e. The maximum Gasteiger partial charge on any atom is 0.428 e. The summed E-state index contributed by atoms with van der Waals surface area (Å²) in [5.41, 5.74) is -0.125. The number of hydrogen-bond acceptors (Lipinski definition) is 5. The van der Waals surface area contributed by atoms with Gasteiger partial charge in [0.2, 0.25) is 5.60 Å². The molecule has 6 nitrogen and oxygen atoms in total. The molecular weight excluding hydrogens is 508 g/mol. The standard InChI is InChI=1S/C24H17Cl2F3N2O4/c1-34-21(32)12-30-22(33)19-7-6-18(16-4-2-3-5-17(16)19)20-11-23(35-31-20,24(27,28)29)13-8-14(25)10-15(26)9-13/h2-11,31H,12H2,1H3,(H,30,33). The highest BCUT2D eigenvalue weighted by atomic mass is 35.5. The van der Waals surface area contributed by atoms with Crippen LogP contribution in [0.15, 0.2) is 60.7 Å². The van der Waals surface area contributed by atoms with Crippen LogP contribution < -0.4 is 10.8 Å². The van der Waals surface area contributed by atoms with Gasteiger partial charge in [-0.1, -0.05) is 53.5 Å². The zero-order valence-corrected chi connectivity index (χ0v) is 19.5. The molecule has 35 heavy (non-hydrogen) atoms. The van der Waals surface area contributed by atoms with Crippen LogP contribution in [0, 0.1) is 0 Å². The fraction of sp³-hybridized carbons (Fsp3) is 0.167. The van der Waals surface area contributed by atoms with Crippen molar-refractivity contribution in [2.45, 2.75) is 11.8 Å². The first-order valence-electron chi connectivity index (χ1n) is 10.1. The summed E-state index contributed by atoms with van der Waals surface area (Å²) in [6, 6.07) is 13.2. The Balaban J connectivity index is 1.81. The van der Waals surface area contributed by atoms with E-state index < -0.39 is 23.7 Å². The minimum atomic E-state index is -4.86. The topological polar surface area (TPSA) is 76.7 Å². The number of benzene rings is 3. The quantitative estimate of drug-likeness (QED) is 0.438. The smallest absolute Gasteiger partial charge is 0.428 e. The van der Waals surface area contributed by atoms with Crippen LogP contribution in [-0.2, 0) is 20.0 Å². The fourth-order valence-electron chi connectivity index (χ4n) is 3.80. The van der Waals surface area contributed by atoms with Gasteiger partial charge in [0.25, 0.3) is 5.91 Å². The summed E-state index contributed by atoms with van der Waals surface area (Å²) in [6.07, 6.45) is -3.95. The molecular formula is C24H17Cl2F3N2O4. The highest BCUT2D eigenvalue weighted by Crippen LogP contribution is 2.48. The molecule has 0 aromatic heterocycles. The van der Waals surface area contributed by atoms with Crippen LogP contribution in [0.3, 0.4) is 0 Å². The van der Waals surface area contributed by atoms with Crippen molar-refractivity contribution in [3.05, 3.63) is 87.4 Å². The Morgan fingerprint density at radius 3 is 2.34 bits per heavy atom. The van der Waals surface area contributed by atoms with Gasteiger partial charge in [-0.15, -0.1) is 0 Å². The molecule has 3 aromatic carbocycles. The minimum Gasteiger partial charge on any atom is -0.468 e. The highest BCUT2D eigenvalue weighted by Gasteiger charge is 2.59. The van der Waals surface area contributed by atoms with Gasteiger partial charge < -0.3 is 10.1 Å². The molecule has 0 spiro atoms. The van der Waals surface area contributed by atoms with Gasteiger partial charge in [-0.3, -0.25) is 19.9 Å². The van der Waals surface area contributed by atoms with Gasteiger partial charge in [-0.2, -0.15) is 13.2 Å². The minimum absolute atomic E-state index is 0.0225. The van der Waals surface area contributed by atoms with Crippen LogP contribution in [0.5, 0.6) is 0 Å². The molecule has 2 N–H and O–H groups in total. The molecule has 3 aromatic rings. The third-order valence-electron chi connectivity index (χ3n) is 5.46. The first-order chi connectivity index (χ1) is 16.6. The number of alkyl halides is 3. The van der Waals surface area contributed by atoms with Gasteiger partial charge in [-0.25, -0.2) is 0 Å². The third-order valence-corrected chi connectivity index (χ3v) is 5.90. The van der Waals surface area contributed by atoms with Gasteiger partial charge in [-0.05, 0) is 41.1 Å². The second-order valence-corrected chi connectivity index (χ2v) is 8.49. The maximum atomic E-state index is 14.3.